The number of hydrogen-bond donors (Lipinski definition) is 0. The van der Waals surface area contributed by atoms with E-state index in [1.54, 1.807) is 12.1 Å². The van der Waals surface area contributed by atoms with Crippen molar-refractivity contribution in [3.63, 3.8) is 0 Å². The number of aryl methyl sites for hydroxylation is 1. The third-order valence-corrected chi connectivity index (χ3v) is 7.10. The van der Waals surface area contributed by atoms with Crippen molar-refractivity contribution in [1.82, 2.24) is 0 Å². The fourth-order valence-electron chi connectivity index (χ4n) is 4.00. The van der Waals surface area contributed by atoms with E-state index in [1.807, 2.05) is 6.92 Å². The van der Waals surface area contributed by atoms with E-state index in [0.29, 0.717) is 0 Å². The zero-order valence-corrected chi connectivity index (χ0v) is 22.7. The number of rotatable bonds is 17. The predicted octanol–water partition coefficient (Wildman–Crippen LogP) is 7.29. The Hall–Kier alpha value is -0.620. The zero-order valence-electron chi connectivity index (χ0n) is 21.1. The molecule has 0 unspecified atom stereocenters. The zero-order chi connectivity index (χ0) is 24.3. The monoisotopic (exact) mass is 489 g/mol. The number of nitrogens with zero attached hydrogens (tertiary/aromatic N) is 1. The van der Waals surface area contributed by atoms with Crippen LogP contribution in [0.4, 0.5) is 0 Å². The standard InChI is InChI=1S/C19H41ClN.C7H8O3S/c1-4-7-10-13-17-21(19-15-20,16-12-9-6-3)18-14-11-8-5-2;1-6-2-4-7(5-3-6)11(8,9)10/h4-19H2,1-3H3;2-5H,1H3,(H,8,9,10)/q+1;/p-1. The van der Waals surface area contributed by atoms with E-state index in [0.717, 1.165) is 11.4 Å². The first kappa shape index (κ1) is 31.4. The molecule has 0 aliphatic carbocycles. The number of alkyl halides is 1. The fourth-order valence-corrected chi connectivity index (χ4v) is 4.83. The van der Waals surface area contributed by atoms with Crippen LogP contribution in [0, 0.1) is 6.92 Å². The lowest BCUT2D eigenvalue weighted by Gasteiger charge is -2.39. The molecule has 0 aliphatic heterocycles. The summed E-state index contributed by atoms with van der Waals surface area (Å²) in [5.74, 6) is 0.827. The van der Waals surface area contributed by atoms with Gasteiger partial charge in [-0.2, -0.15) is 0 Å². The molecule has 0 atom stereocenters. The molecule has 0 fully saturated rings. The highest BCUT2D eigenvalue weighted by Gasteiger charge is 2.25. The van der Waals surface area contributed by atoms with Crippen LogP contribution in [0.5, 0.6) is 0 Å². The van der Waals surface area contributed by atoms with Gasteiger partial charge in [-0.1, -0.05) is 70.6 Å². The molecule has 0 saturated heterocycles. The summed E-state index contributed by atoms with van der Waals surface area (Å²) in [6.45, 7) is 14.0. The van der Waals surface area contributed by atoms with Crippen LogP contribution < -0.4 is 0 Å². The summed E-state index contributed by atoms with van der Waals surface area (Å²) in [4.78, 5) is -0.178. The number of quaternary nitrogens is 1. The summed E-state index contributed by atoms with van der Waals surface area (Å²) >= 11 is 6.16. The molecule has 0 saturated carbocycles. The lowest BCUT2D eigenvalue weighted by atomic mass is 10.1. The number of halogens is 1. The maximum Gasteiger partial charge on any atom is 0.124 e. The van der Waals surface area contributed by atoms with E-state index in [9.17, 15) is 13.0 Å². The van der Waals surface area contributed by atoms with E-state index in [2.05, 4.69) is 20.8 Å². The van der Waals surface area contributed by atoms with Gasteiger partial charge in [0, 0.05) is 0 Å². The van der Waals surface area contributed by atoms with Crippen molar-refractivity contribution < 1.29 is 17.5 Å². The average molecular weight is 490 g/mol. The molecular weight excluding hydrogens is 442 g/mol. The van der Waals surface area contributed by atoms with Crippen molar-refractivity contribution in [2.24, 2.45) is 0 Å². The first-order chi connectivity index (χ1) is 15.2. The Morgan fingerprint density at radius 3 is 1.50 bits per heavy atom. The highest BCUT2D eigenvalue weighted by molar-refractivity contribution is 7.85. The van der Waals surface area contributed by atoms with Gasteiger partial charge in [-0.25, -0.2) is 8.42 Å². The first-order valence-electron chi connectivity index (χ1n) is 12.7. The minimum Gasteiger partial charge on any atom is -0.744 e. The molecule has 188 valence electrons. The molecule has 1 aromatic rings. The predicted molar refractivity (Wildman–Crippen MR) is 137 cm³/mol. The van der Waals surface area contributed by atoms with Crippen LogP contribution in [0.3, 0.4) is 0 Å². The van der Waals surface area contributed by atoms with Gasteiger partial charge in [0.1, 0.15) is 10.1 Å². The lowest BCUT2D eigenvalue weighted by Crippen LogP contribution is -2.51. The highest BCUT2D eigenvalue weighted by Crippen LogP contribution is 2.17. The van der Waals surface area contributed by atoms with Crippen LogP contribution in [0.25, 0.3) is 0 Å². The van der Waals surface area contributed by atoms with E-state index in [1.165, 1.54) is 113 Å². The summed E-state index contributed by atoms with van der Waals surface area (Å²) in [7, 11) is -4.27. The first-order valence-corrected chi connectivity index (χ1v) is 14.6. The van der Waals surface area contributed by atoms with Crippen molar-refractivity contribution in [3.05, 3.63) is 29.8 Å². The summed E-state index contributed by atoms with van der Waals surface area (Å²) in [6.07, 6.45) is 15.1. The van der Waals surface area contributed by atoms with Crippen molar-refractivity contribution in [1.29, 1.82) is 0 Å². The minimum absolute atomic E-state index is 0.178. The van der Waals surface area contributed by atoms with Crippen LogP contribution >= 0.6 is 11.6 Å². The number of unbranched alkanes of at least 4 members (excludes halogenated alkanes) is 8. The average Bonchev–Trinajstić information content (AvgIpc) is 2.75. The maximum absolute atomic E-state index is 10.4. The van der Waals surface area contributed by atoms with Crippen LogP contribution in [0.15, 0.2) is 29.2 Å². The van der Waals surface area contributed by atoms with Gasteiger partial charge in [0.25, 0.3) is 0 Å². The van der Waals surface area contributed by atoms with Gasteiger partial charge in [-0.3, -0.25) is 0 Å². The molecule has 0 aromatic heterocycles. The normalized spacial score (nSPS) is 11.8. The van der Waals surface area contributed by atoms with Gasteiger partial charge in [0.2, 0.25) is 0 Å². The van der Waals surface area contributed by atoms with Crippen molar-refractivity contribution in [2.75, 3.05) is 32.1 Å². The van der Waals surface area contributed by atoms with Crippen LogP contribution in [0.1, 0.15) is 97.0 Å². The summed E-state index contributed by atoms with van der Waals surface area (Å²) in [5.41, 5.74) is 0.928. The number of hydrogen-bond acceptors (Lipinski definition) is 3. The van der Waals surface area contributed by atoms with Gasteiger partial charge < -0.3 is 9.04 Å². The number of benzene rings is 1. The minimum atomic E-state index is -4.27. The Morgan fingerprint density at radius 2 is 1.12 bits per heavy atom. The molecule has 6 heteroatoms. The van der Waals surface area contributed by atoms with E-state index >= 15 is 0 Å². The van der Waals surface area contributed by atoms with Crippen LogP contribution in [-0.4, -0.2) is 49.5 Å². The van der Waals surface area contributed by atoms with Gasteiger partial charge in [-0.05, 0) is 57.6 Å². The lowest BCUT2D eigenvalue weighted by molar-refractivity contribution is -0.926. The Labute approximate surface area is 204 Å². The molecule has 0 aliphatic rings. The second kappa shape index (κ2) is 18.8. The SMILES string of the molecule is CCCCCC[N+](CCCl)(CCCCC)CCCCCC.Cc1ccc(S(=O)(=O)[O-])cc1. The summed E-state index contributed by atoms with van der Waals surface area (Å²) in [6, 6.07) is 5.78. The molecule has 0 radical (unpaired) electrons. The Morgan fingerprint density at radius 1 is 0.719 bits per heavy atom. The molecular formula is C26H48ClNO3S. The highest BCUT2D eigenvalue weighted by atomic mass is 35.5. The molecule has 1 rings (SSSR count). The van der Waals surface area contributed by atoms with E-state index in [4.69, 9.17) is 11.6 Å². The second-order valence-electron chi connectivity index (χ2n) is 9.02. The third-order valence-electron chi connectivity index (χ3n) is 6.08. The van der Waals surface area contributed by atoms with Gasteiger partial charge >= 0.3 is 0 Å². The largest absolute Gasteiger partial charge is 0.744 e. The maximum atomic E-state index is 10.4. The Kier molecular flexibility index (Phi) is 18.4. The molecule has 0 spiro atoms. The molecule has 0 N–H and O–H groups in total. The molecule has 0 amide bonds. The smallest absolute Gasteiger partial charge is 0.124 e. The van der Waals surface area contributed by atoms with Gasteiger partial charge in [0.05, 0.1) is 37.0 Å². The van der Waals surface area contributed by atoms with Crippen LogP contribution in [-0.2, 0) is 10.1 Å². The summed E-state index contributed by atoms with van der Waals surface area (Å²) < 4.78 is 32.5. The fraction of sp³-hybridized carbons (Fsp3) is 0.769. The summed E-state index contributed by atoms with van der Waals surface area (Å²) in [5, 5.41) is 0. The van der Waals surface area contributed by atoms with Crippen LogP contribution in [0.2, 0.25) is 0 Å². The molecule has 0 heterocycles. The van der Waals surface area contributed by atoms with Crippen molar-refractivity contribution >= 4 is 21.7 Å². The Balaban J connectivity index is 0.000000726. The van der Waals surface area contributed by atoms with Gasteiger partial charge in [0.15, 0.2) is 0 Å². The van der Waals surface area contributed by atoms with Gasteiger partial charge in [-0.15, -0.1) is 11.6 Å². The molecule has 4 nitrogen and oxygen atoms in total. The Bertz CT molecular complexity index is 650. The topological polar surface area (TPSA) is 57.2 Å². The molecule has 0 bridgehead atoms. The van der Waals surface area contributed by atoms with E-state index < -0.39 is 10.1 Å². The second-order valence-corrected chi connectivity index (χ2v) is 10.8. The third kappa shape index (κ3) is 15.3. The van der Waals surface area contributed by atoms with E-state index in [-0.39, 0.29) is 4.90 Å². The van der Waals surface area contributed by atoms with Crippen molar-refractivity contribution in [2.45, 2.75) is 103 Å². The van der Waals surface area contributed by atoms with Crippen molar-refractivity contribution in [3.8, 4) is 0 Å². The molecule has 32 heavy (non-hydrogen) atoms. The quantitative estimate of drug-likeness (QED) is 0.0998. The molecule has 1 aromatic carbocycles.